The fourth-order valence-electron chi connectivity index (χ4n) is 2.30. The normalized spacial score (nSPS) is 57.1. The zero-order valence-electron chi connectivity index (χ0n) is 11.9. The second-order valence-corrected chi connectivity index (χ2v) is 3.75. The van der Waals surface area contributed by atoms with Crippen LogP contribution in [0.4, 0.5) is 0 Å². The second kappa shape index (κ2) is 2.31. The third kappa shape index (κ3) is 0.686. The lowest BCUT2D eigenvalue weighted by Gasteiger charge is -2.06. The molecule has 0 radical (unpaired) electrons. The molecule has 1 heterocycles. The van der Waals surface area contributed by atoms with Crippen LogP contribution in [0.3, 0.4) is 0 Å². The lowest BCUT2D eigenvalue weighted by atomic mass is 10.1. The molecule has 4 heteroatoms. The molecule has 0 amide bonds. The van der Waals surface area contributed by atoms with Crippen LogP contribution in [0.2, 0.25) is 0 Å². The van der Waals surface area contributed by atoms with E-state index >= 15 is 0 Å². The molecular weight excluding hydrogens is 200 g/mol. The van der Waals surface area contributed by atoms with Crippen LogP contribution in [0, 0.1) is 34.5 Å². The molecule has 0 N–H and O–H groups in total. The average molecular weight is 210 g/mol. The molecule has 0 aliphatic heterocycles. The Morgan fingerprint density at radius 2 is 1.81 bits per heavy atom. The van der Waals surface area contributed by atoms with Crippen LogP contribution in [0.1, 0.15) is 40.0 Å². The van der Waals surface area contributed by atoms with Gasteiger partial charge in [-0.05, 0) is 11.8 Å². The quantitative estimate of drug-likeness (QED) is 0.603. The zero-order valence-corrected chi connectivity index (χ0v) is 7.94. The van der Waals surface area contributed by atoms with Gasteiger partial charge in [-0.25, -0.2) is 9.97 Å². The highest BCUT2D eigenvalue weighted by molar-refractivity contribution is 5.51. The molecule has 0 spiro atoms. The molecule has 1 fully saturated rings. The van der Waals surface area contributed by atoms with Crippen LogP contribution in [-0.2, 0) is 0 Å². The fraction of sp³-hybridized carbons (Fsp3) is 0.333. The Balaban J connectivity index is 2.12. The topological polar surface area (TPSA) is 73.4 Å². The number of allylic oxidation sites excluding steroid dienone is 2. The molecule has 3 aliphatic rings. The van der Waals surface area contributed by atoms with Gasteiger partial charge in [0.15, 0.2) is 11.4 Å². The molecule has 0 bridgehead atoms. The van der Waals surface area contributed by atoms with Crippen LogP contribution in [0.5, 0.6) is 0 Å². The summed E-state index contributed by atoms with van der Waals surface area (Å²) >= 11 is 0. The Bertz CT molecular complexity index is 824. The minimum Gasteiger partial charge on any atom is -0.237 e. The van der Waals surface area contributed by atoms with Crippen molar-refractivity contribution >= 4 is 0 Å². The smallest absolute Gasteiger partial charge is 0.177 e. The van der Waals surface area contributed by atoms with E-state index in [-0.39, 0.29) is 22.8 Å². The molecule has 3 aliphatic carbocycles. The Hall–Kier alpha value is -2.20. The number of nitriles is 2. The Morgan fingerprint density at radius 1 is 1.12 bits per heavy atom. The summed E-state index contributed by atoms with van der Waals surface area (Å²) in [6.07, 6.45) is 2.76. The predicted octanol–water partition coefficient (Wildman–Crippen LogP) is 1.22. The van der Waals surface area contributed by atoms with Gasteiger partial charge >= 0.3 is 0 Å². The molecule has 4 rings (SSSR count). The van der Waals surface area contributed by atoms with Crippen LogP contribution in [0.15, 0.2) is 12.2 Å². The third-order valence-corrected chi connectivity index (χ3v) is 3.01. The summed E-state index contributed by atoms with van der Waals surface area (Å²) in [5, 5.41) is 18.0. The van der Waals surface area contributed by atoms with E-state index < -0.39 is 23.6 Å². The van der Waals surface area contributed by atoms with Crippen molar-refractivity contribution in [3.05, 3.63) is 34.9 Å². The molecule has 4 nitrogen and oxygen atoms in total. The lowest BCUT2D eigenvalue weighted by molar-refractivity contribution is 0.729. The van der Waals surface area contributed by atoms with Crippen LogP contribution in [-0.4, -0.2) is 9.97 Å². The van der Waals surface area contributed by atoms with Gasteiger partial charge in [-0.1, -0.05) is 12.2 Å². The summed E-state index contributed by atoms with van der Waals surface area (Å²) in [5.41, 5.74) is -0.365. The van der Waals surface area contributed by atoms with Crippen molar-refractivity contribution in [2.75, 3.05) is 0 Å². The average Bonchev–Trinajstić information content (AvgIpc) is 2.67. The third-order valence-electron chi connectivity index (χ3n) is 3.01. The van der Waals surface area contributed by atoms with Crippen molar-refractivity contribution < 1.29 is 5.48 Å². The molecule has 4 unspecified atom stereocenters. The molecule has 16 heavy (non-hydrogen) atoms. The highest BCUT2D eigenvalue weighted by Gasteiger charge is 2.63. The van der Waals surface area contributed by atoms with Crippen molar-refractivity contribution in [1.29, 1.82) is 10.5 Å². The number of hydrogen-bond donors (Lipinski definition) is 0. The largest absolute Gasteiger partial charge is 0.237 e. The first-order chi connectivity index (χ1) is 9.31. The van der Waals surface area contributed by atoms with Gasteiger partial charge < -0.3 is 0 Å². The summed E-state index contributed by atoms with van der Waals surface area (Å²) in [6.45, 7) is 0. The van der Waals surface area contributed by atoms with E-state index in [4.69, 9.17) is 16.0 Å². The summed E-state index contributed by atoms with van der Waals surface area (Å²) in [4.78, 5) is 7.97. The van der Waals surface area contributed by atoms with Crippen molar-refractivity contribution in [2.24, 2.45) is 11.8 Å². The van der Waals surface area contributed by atoms with Crippen molar-refractivity contribution in [3.8, 4) is 12.1 Å². The summed E-state index contributed by atoms with van der Waals surface area (Å²) in [5.74, 6) is -6.60. The second-order valence-electron chi connectivity index (χ2n) is 3.75. The Morgan fingerprint density at radius 3 is 2.50 bits per heavy atom. The SMILES string of the molecule is [2H]C12C=CC3([2H])C([2H])(c4nc(C#N)c(C#N)nc41)C23[2H]. The lowest BCUT2D eigenvalue weighted by Crippen LogP contribution is -2.05. The molecule has 74 valence electrons. The highest BCUT2D eigenvalue weighted by atomic mass is 14.9. The number of rotatable bonds is 0. The maximum absolute atomic E-state index is 8.98. The van der Waals surface area contributed by atoms with E-state index in [2.05, 4.69) is 9.97 Å². The van der Waals surface area contributed by atoms with E-state index in [1.807, 2.05) is 0 Å². The first kappa shape index (κ1) is 5.23. The van der Waals surface area contributed by atoms with Crippen LogP contribution >= 0.6 is 0 Å². The van der Waals surface area contributed by atoms with Gasteiger partial charge in [0.1, 0.15) is 12.1 Å². The molecule has 0 aromatic carbocycles. The van der Waals surface area contributed by atoms with E-state index in [0.29, 0.717) is 0 Å². The molecular formula is C12H6N4. The Labute approximate surface area is 97.5 Å². The highest BCUT2D eigenvalue weighted by Crippen LogP contribution is 2.70. The predicted molar refractivity (Wildman–Crippen MR) is 53.1 cm³/mol. The molecule has 1 saturated carbocycles. The maximum atomic E-state index is 8.98. The standard InChI is InChI=1S/C12H6N4/c13-3-7-8(4-14)16-12-10-5-1-2-6(9(5)10)11(12)15-7/h1-2,5-6,9-10H/i5D,6D,9D,10D. The van der Waals surface area contributed by atoms with Gasteiger partial charge in [0.2, 0.25) is 0 Å². The maximum Gasteiger partial charge on any atom is 0.177 e. The first-order valence-corrected chi connectivity index (χ1v) is 4.75. The number of aromatic nitrogens is 2. The van der Waals surface area contributed by atoms with E-state index in [0.717, 1.165) is 0 Å². The monoisotopic (exact) mass is 210 g/mol. The van der Waals surface area contributed by atoms with Crippen molar-refractivity contribution in [3.63, 3.8) is 0 Å². The zero-order chi connectivity index (χ0) is 14.6. The number of nitrogens with zero attached hydrogens (tertiary/aromatic N) is 4. The number of hydrogen-bond acceptors (Lipinski definition) is 4. The first-order valence-electron chi connectivity index (χ1n) is 6.75. The molecule has 1 aromatic rings. The van der Waals surface area contributed by atoms with Gasteiger partial charge in [-0.15, -0.1) is 0 Å². The van der Waals surface area contributed by atoms with Gasteiger partial charge in [0.25, 0.3) is 0 Å². The number of fused-ring (bicyclic) bond motifs is 4. The minimum atomic E-state index is -1.71. The summed E-state index contributed by atoms with van der Waals surface area (Å²) < 4.78 is 33.5. The van der Waals surface area contributed by atoms with Crippen LogP contribution in [0.25, 0.3) is 0 Å². The van der Waals surface area contributed by atoms with E-state index in [1.54, 1.807) is 12.1 Å². The summed E-state index contributed by atoms with van der Waals surface area (Å²) in [7, 11) is 0. The van der Waals surface area contributed by atoms with E-state index in [1.165, 1.54) is 12.2 Å². The molecule has 4 atom stereocenters. The van der Waals surface area contributed by atoms with Crippen molar-refractivity contribution in [2.45, 2.75) is 11.8 Å². The van der Waals surface area contributed by atoms with Gasteiger partial charge in [0.05, 0.1) is 11.4 Å². The molecule has 0 saturated heterocycles. The van der Waals surface area contributed by atoms with Gasteiger partial charge in [-0.2, -0.15) is 10.5 Å². The molecule has 1 aromatic heterocycles. The van der Waals surface area contributed by atoms with Gasteiger partial charge in [0, 0.05) is 17.3 Å². The van der Waals surface area contributed by atoms with Gasteiger partial charge in [-0.3, -0.25) is 0 Å². The van der Waals surface area contributed by atoms with E-state index in [9.17, 15) is 0 Å². The van der Waals surface area contributed by atoms with Crippen molar-refractivity contribution in [1.82, 2.24) is 9.97 Å². The van der Waals surface area contributed by atoms with Crippen LogP contribution < -0.4 is 0 Å². The minimum absolute atomic E-state index is 0.0121. The fourth-order valence-corrected chi connectivity index (χ4v) is 2.30. The summed E-state index contributed by atoms with van der Waals surface area (Å²) in [6, 6.07) is 3.48. The Kier molecular flexibility index (Phi) is 0.753.